The molecular formula is C14H9BrClN3O4. The van der Waals surface area contributed by atoms with E-state index in [9.17, 15) is 19.7 Å². The number of nitrogens with zero attached hydrogens (tertiary/aromatic N) is 1. The molecule has 0 aromatic heterocycles. The molecule has 7 nitrogen and oxygen atoms in total. The fraction of sp³-hybridized carbons (Fsp3) is 0. The number of halogens is 2. The normalized spacial score (nSPS) is 10.0. The molecule has 23 heavy (non-hydrogen) atoms. The monoisotopic (exact) mass is 397 g/mol. The first-order valence-electron chi connectivity index (χ1n) is 6.19. The second kappa shape index (κ2) is 7.21. The minimum atomic E-state index is -0.704. The van der Waals surface area contributed by atoms with Crippen molar-refractivity contribution in [1.82, 2.24) is 10.9 Å². The molecule has 118 valence electrons. The van der Waals surface area contributed by atoms with E-state index in [1.54, 1.807) is 24.3 Å². The summed E-state index contributed by atoms with van der Waals surface area (Å²) in [5, 5.41) is 10.7. The number of nitro groups is 1. The predicted octanol–water partition coefficient (Wildman–Crippen LogP) is 3.09. The summed E-state index contributed by atoms with van der Waals surface area (Å²) in [6.07, 6.45) is 0. The van der Waals surface area contributed by atoms with Crippen LogP contribution >= 0.6 is 27.5 Å². The van der Waals surface area contributed by atoms with Gasteiger partial charge in [0, 0.05) is 16.1 Å². The maximum absolute atomic E-state index is 11.9. The third kappa shape index (κ3) is 4.05. The highest BCUT2D eigenvalue weighted by Gasteiger charge is 2.17. The molecule has 0 fully saturated rings. The zero-order valence-corrected chi connectivity index (χ0v) is 13.7. The summed E-state index contributed by atoms with van der Waals surface area (Å²) in [5.74, 6) is -1.24. The van der Waals surface area contributed by atoms with Gasteiger partial charge in [-0.05, 0) is 40.2 Å². The second-order valence-corrected chi connectivity index (χ2v) is 5.57. The highest BCUT2D eigenvalue weighted by molar-refractivity contribution is 9.10. The quantitative estimate of drug-likeness (QED) is 0.613. The lowest BCUT2D eigenvalue weighted by atomic mass is 10.2. The van der Waals surface area contributed by atoms with Crippen molar-refractivity contribution >= 4 is 45.0 Å². The summed E-state index contributed by atoms with van der Waals surface area (Å²) in [6, 6.07) is 10.2. The molecule has 2 aromatic rings. The summed E-state index contributed by atoms with van der Waals surface area (Å²) in [7, 11) is 0. The van der Waals surface area contributed by atoms with E-state index in [-0.39, 0.29) is 10.6 Å². The van der Waals surface area contributed by atoms with E-state index in [0.29, 0.717) is 10.0 Å². The van der Waals surface area contributed by atoms with Gasteiger partial charge in [-0.2, -0.15) is 0 Å². The molecule has 0 bridgehead atoms. The van der Waals surface area contributed by atoms with E-state index >= 15 is 0 Å². The zero-order valence-electron chi connectivity index (χ0n) is 11.4. The highest BCUT2D eigenvalue weighted by atomic mass is 79.9. The Hall–Kier alpha value is -2.45. The minimum Gasteiger partial charge on any atom is -0.267 e. The number of carbonyl (C=O) groups is 2. The van der Waals surface area contributed by atoms with Crippen LogP contribution < -0.4 is 10.9 Å². The van der Waals surface area contributed by atoms with Crippen LogP contribution in [-0.2, 0) is 0 Å². The summed E-state index contributed by atoms with van der Waals surface area (Å²) in [6.45, 7) is 0. The van der Waals surface area contributed by atoms with Crippen molar-refractivity contribution in [3.63, 3.8) is 0 Å². The van der Waals surface area contributed by atoms with Crippen LogP contribution in [0, 0.1) is 10.1 Å². The summed E-state index contributed by atoms with van der Waals surface area (Å²) in [4.78, 5) is 34.0. The van der Waals surface area contributed by atoms with Crippen LogP contribution in [0.1, 0.15) is 20.7 Å². The number of nitrogens with one attached hydrogen (secondary N) is 2. The number of nitro benzene ring substituents is 1. The van der Waals surface area contributed by atoms with E-state index in [1.807, 2.05) is 0 Å². The van der Waals surface area contributed by atoms with Gasteiger partial charge in [-0.15, -0.1) is 0 Å². The van der Waals surface area contributed by atoms with Crippen molar-refractivity contribution < 1.29 is 14.5 Å². The maximum atomic E-state index is 11.9. The van der Waals surface area contributed by atoms with E-state index in [2.05, 4.69) is 26.8 Å². The molecule has 0 spiro atoms. The average Bonchev–Trinajstić information content (AvgIpc) is 2.52. The van der Waals surface area contributed by atoms with Gasteiger partial charge < -0.3 is 0 Å². The number of hydrazine groups is 1. The Kier molecular flexibility index (Phi) is 5.30. The summed E-state index contributed by atoms with van der Waals surface area (Å²) in [5.41, 5.74) is 4.35. The van der Waals surface area contributed by atoms with Crippen LogP contribution in [0.3, 0.4) is 0 Å². The summed E-state index contributed by atoms with van der Waals surface area (Å²) < 4.78 is 0.564. The molecule has 0 saturated carbocycles. The third-order valence-corrected chi connectivity index (χ3v) is 3.82. The van der Waals surface area contributed by atoms with Crippen LogP contribution in [0.5, 0.6) is 0 Å². The molecular weight excluding hydrogens is 390 g/mol. The number of rotatable bonds is 3. The minimum absolute atomic E-state index is 0.00599. The molecule has 0 radical (unpaired) electrons. The van der Waals surface area contributed by atoms with Gasteiger partial charge in [0.05, 0.1) is 10.5 Å². The standard InChI is InChI=1S/C14H9BrClN3O4/c15-10-4-2-1-3-9(10)14(21)18-17-13(20)8-5-6-11(16)12(7-8)19(22)23/h1-7H,(H,17,20)(H,18,21). The molecule has 0 aliphatic rings. The highest BCUT2D eigenvalue weighted by Crippen LogP contribution is 2.24. The SMILES string of the molecule is O=C(NNC(=O)c1ccccc1Br)c1ccc(Cl)c([N+](=O)[O-])c1. The van der Waals surface area contributed by atoms with Crippen molar-refractivity contribution in [1.29, 1.82) is 0 Å². The molecule has 2 aromatic carbocycles. The van der Waals surface area contributed by atoms with Crippen LogP contribution in [-0.4, -0.2) is 16.7 Å². The predicted molar refractivity (Wildman–Crippen MR) is 87.2 cm³/mol. The van der Waals surface area contributed by atoms with Gasteiger partial charge >= 0.3 is 0 Å². The lowest BCUT2D eigenvalue weighted by Crippen LogP contribution is -2.41. The first-order valence-corrected chi connectivity index (χ1v) is 7.36. The zero-order chi connectivity index (χ0) is 17.0. The lowest BCUT2D eigenvalue weighted by molar-refractivity contribution is -0.384. The van der Waals surface area contributed by atoms with Crippen molar-refractivity contribution in [3.8, 4) is 0 Å². The first-order chi connectivity index (χ1) is 10.9. The van der Waals surface area contributed by atoms with Crippen molar-refractivity contribution in [3.05, 3.63) is 73.2 Å². The molecule has 0 heterocycles. The van der Waals surface area contributed by atoms with Crippen molar-refractivity contribution in [2.24, 2.45) is 0 Å². The van der Waals surface area contributed by atoms with Crippen LogP contribution in [0.4, 0.5) is 5.69 Å². The van der Waals surface area contributed by atoms with Gasteiger partial charge in [0.2, 0.25) is 0 Å². The Bertz CT molecular complexity index is 797. The van der Waals surface area contributed by atoms with Gasteiger partial charge in [0.25, 0.3) is 17.5 Å². The Morgan fingerprint density at radius 3 is 2.39 bits per heavy atom. The number of amides is 2. The molecule has 0 aliphatic carbocycles. The van der Waals surface area contributed by atoms with Gasteiger partial charge in [-0.25, -0.2) is 0 Å². The molecule has 0 saturated heterocycles. The van der Waals surface area contributed by atoms with Crippen LogP contribution in [0.25, 0.3) is 0 Å². The molecule has 9 heteroatoms. The maximum Gasteiger partial charge on any atom is 0.288 e. The average molecular weight is 399 g/mol. The fourth-order valence-electron chi connectivity index (χ4n) is 1.69. The van der Waals surface area contributed by atoms with E-state index < -0.39 is 22.4 Å². The fourth-order valence-corrected chi connectivity index (χ4v) is 2.34. The van der Waals surface area contributed by atoms with Crippen molar-refractivity contribution in [2.45, 2.75) is 0 Å². The Morgan fingerprint density at radius 2 is 1.74 bits per heavy atom. The van der Waals surface area contributed by atoms with Crippen LogP contribution in [0.15, 0.2) is 46.9 Å². The number of carbonyl (C=O) groups excluding carboxylic acids is 2. The van der Waals surface area contributed by atoms with Gasteiger partial charge in [-0.3, -0.25) is 30.6 Å². The molecule has 2 amide bonds. The second-order valence-electron chi connectivity index (χ2n) is 4.31. The third-order valence-electron chi connectivity index (χ3n) is 2.81. The smallest absolute Gasteiger partial charge is 0.267 e. The van der Waals surface area contributed by atoms with Crippen molar-refractivity contribution in [2.75, 3.05) is 0 Å². The molecule has 2 rings (SSSR count). The largest absolute Gasteiger partial charge is 0.288 e. The summed E-state index contributed by atoms with van der Waals surface area (Å²) >= 11 is 8.89. The topological polar surface area (TPSA) is 101 Å². The number of hydrogen-bond acceptors (Lipinski definition) is 4. The van der Waals surface area contributed by atoms with Gasteiger partial charge in [0.1, 0.15) is 5.02 Å². The van der Waals surface area contributed by atoms with Gasteiger partial charge in [0.15, 0.2) is 0 Å². The van der Waals surface area contributed by atoms with Crippen LogP contribution in [0.2, 0.25) is 5.02 Å². The van der Waals surface area contributed by atoms with E-state index in [1.165, 1.54) is 12.1 Å². The lowest BCUT2D eigenvalue weighted by Gasteiger charge is -2.08. The molecule has 0 aliphatic heterocycles. The van der Waals surface area contributed by atoms with E-state index in [0.717, 1.165) is 6.07 Å². The molecule has 0 atom stereocenters. The number of benzene rings is 2. The Balaban J connectivity index is 2.08. The first kappa shape index (κ1) is 16.9. The van der Waals surface area contributed by atoms with E-state index in [4.69, 9.17) is 11.6 Å². The molecule has 2 N–H and O–H groups in total. The Morgan fingerprint density at radius 1 is 1.09 bits per heavy atom. The molecule has 0 unspecified atom stereocenters. The Labute approximate surface area is 143 Å². The van der Waals surface area contributed by atoms with Gasteiger partial charge in [-0.1, -0.05) is 23.7 Å². The number of hydrogen-bond donors (Lipinski definition) is 2.